The highest BCUT2D eigenvalue weighted by atomic mass is 19.1. The molecule has 2 aromatic rings. The summed E-state index contributed by atoms with van der Waals surface area (Å²) in [5, 5.41) is 21.0. The molecule has 1 fully saturated rings. The molecule has 0 aliphatic heterocycles. The molecule has 2 unspecified atom stereocenters. The van der Waals surface area contributed by atoms with E-state index >= 15 is 0 Å². The van der Waals surface area contributed by atoms with Crippen molar-refractivity contribution in [2.75, 3.05) is 11.9 Å². The number of nitrogens with zero attached hydrogens (tertiary/aromatic N) is 2. The Hall–Kier alpha value is -2.01. The van der Waals surface area contributed by atoms with E-state index < -0.39 is 0 Å². The summed E-state index contributed by atoms with van der Waals surface area (Å²) in [7, 11) is 0. The number of aliphatic hydroxyl groups excluding tert-OH is 1. The lowest BCUT2D eigenvalue weighted by atomic mass is 10.00. The predicted octanol–water partition coefficient (Wildman–Crippen LogP) is 3.25. The third kappa shape index (κ3) is 3.42. The topological polar surface area (TPSA) is 58.0 Å². The van der Waals surface area contributed by atoms with E-state index in [1.165, 1.54) is 18.6 Å². The molecule has 1 aromatic heterocycles. The maximum absolute atomic E-state index is 12.9. The second kappa shape index (κ2) is 6.83. The van der Waals surface area contributed by atoms with Crippen LogP contribution in [0.25, 0.3) is 11.3 Å². The summed E-state index contributed by atoms with van der Waals surface area (Å²) in [6, 6.07) is 10.4. The number of halogens is 1. The van der Waals surface area contributed by atoms with Crippen LogP contribution in [0.15, 0.2) is 36.4 Å². The van der Waals surface area contributed by atoms with E-state index in [4.69, 9.17) is 5.11 Å². The number of hydrogen-bond acceptors (Lipinski definition) is 4. The lowest BCUT2D eigenvalue weighted by molar-refractivity contribution is 0.254. The Morgan fingerprint density at radius 2 is 1.91 bits per heavy atom. The van der Waals surface area contributed by atoms with Gasteiger partial charge in [0, 0.05) is 18.2 Å². The Morgan fingerprint density at radius 1 is 1.09 bits per heavy atom. The number of rotatable bonds is 5. The first kappa shape index (κ1) is 14.9. The van der Waals surface area contributed by atoms with Gasteiger partial charge in [0.25, 0.3) is 0 Å². The van der Waals surface area contributed by atoms with Crippen molar-refractivity contribution < 1.29 is 9.50 Å². The molecular weight excluding hydrogens is 281 g/mol. The van der Waals surface area contributed by atoms with Crippen molar-refractivity contribution >= 4 is 5.82 Å². The van der Waals surface area contributed by atoms with E-state index in [0.29, 0.717) is 12.0 Å². The van der Waals surface area contributed by atoms with Crippen LogP contribution in [0.3, 0.4) is 0 Å². The summed E-state index contributed by atoms with van der Waals surface area (Å²) >= 11 is 0. The molecule has 5 heteroatoms. The Labute approximate surface area is 129 Å². The van der Waals surface area contributed by atoms with E-state index in [1.807, 2.05) is 12.1 Å². The van der Waals surface area contributed by atoms with Gasteiger partial charge in [-0.25, -0.2) is 4.39 Å². The molecule has 1 heterocycles. The molecule has 1 aliphatic rings. The molecule has 0 spiro atoms. The van der Waals surface area contributed by atoms with E-state index in [2.05, 4.69) is 15.5 Å². The molecule has 0 radical (unpaired) electrons. The number of anilines is 1. The van der Waals surface area contributed by atoms with Crippen LogP contribution in [-0.4, -0.2) is 28.0 Å². The average Bonchev–Trinajstić information content (AvgIpc) is 2.97. The van der Waals surface area contributed by atoms with Crippen molar-refractivity contribution in [1.82, 2.24) is 10.2 Å². The van der Waals surface area contributed by atoms with Gasteiger partial charge in [-0.05, 0) is 61.6 Å². The second-order valence-electron chi connectivity index (χ2n) is 5.76. The maximum atomic E-state index is 12.9. The SMILES string of the molecule is OCCC1CCCC1Nc1ccc(-c2ccc(F)cc2)nn1. The number of aliphatic hydroxyl groups is 1. The summed E-state index contributed by atoms with van der Waals surface area (Å²) in [6.07, 6.45) is 4.27. The van der Waals surface area contributed by atoms with E-state index in [0.717, 1.165) is 36.3 Å². The van der Waals surface area contributed by atoms with Gasteiger partial charge in [0.1, 0.15) is 11.6 Å². The van der Waals surface area contributed by atoms with Crippen LogP contribution in [0.1, 0.15) is 25.7 Å². The fraction of sp³-hybridized carbons (Fsp3) is 0.412. The second-order valence-corrected chi connectivity index (χ2v) is 5.76. The standard InChI is InChI=1S/C17H20FN3O/c18-14-6-4-13(5-7-14)16-8-9-17(21-20-16)19-15-3-1-2-12(15)10-11-22/h4-9,12,15,22H,1-3,10-11H2,(H,19,21). The molecule has 1 aliphatic carbocycles. The van der Waals surface area contributed by atoms with Crippen LogP contribution >= 0.6 is 0 Å². The van der Waals surface area contributed by atoms with Gasteiger partial charge in [0.15, 0.2) is 0 Å². The van der Waals surface area contributed by atoms with Crippen LogP contribution in [0.2, 0.25) is 0 Å². The van der Waals surface area contributed by atoms with Crippen LogP contribution in [0, 0.1) is 11.7 Å². The Bertz CT molecular complexity index is 600. The number of aromatic nitrogens is 2. The fourth-order valence-corrected chi connectivity index (χ4v) is 3.11. The Morgan fingerprint density at radius 3 is 2.59 bits per heavy atom. The zero-order valence-electron chi connectivity index (χ0n) is 12.4. The highest BCUT2D eigenvalue weighted by Crippen LogP contribution is 2.30. The summed E-state index contributed by atoms with van der Waals surface area (Å²) in [6.45, 7) is 0.234. The molecule has 0 amide bonds. The lowest BCUT2D eigenvalue weighted by Crippen LogP contribution is -2.25. The summed E-state index contributed by atoms with van der Waals surface area (Å²) in [5.74, 6) is 0.996. The van der Waals surface area contributed by atoms with Gasteiger partial charge in [-0.15, -0.1) is 10.2 Å². The molecular formula is C17H20FN3O. The smallest absolute Gasteiger partial charge is 0.148 e. The number of hydrogen-bond donors (Lipinski definition) is 2. The number of benzene rings is 1. The molecule has 116 valence electrons. The van der Waals surface area contributed by atoms with Crippen LogP contribution in [0.4, 0.5) is 10.2 Å². The average molecular weight is 301 g/mol. The van der Waals surface area contributed by atoms with Crippen molar-refractivity contribution in [2.45, 2.75) is 31.7 Å². The van der Waals surface area contributed by atoms with E-state index in [1.54, 1.807) is 12.1 Å². The van der Waals surface area contributed by atoms with Gasteiger partial charge in [0.05, 0.1) is 5.69 Å². The minimum Gasteiger partial charge on any atom is -0.396 e. The Balaban J connectivity index is 1.67. The zero-order chi connectivity index (χ0) is 15.4. The van der Waals surface area contributed by atoms with Gasteiger partial charge in [-0.1, -0.05) is 6.42 Å². The van der Waals surface area contributed by atoms with Crippen molar-refractivity contribution in [3.05, 3.63) is 42.2 Å². The quantitative estimate of drug-likeness (QED) is 0.890. The largest absolute Gasteiger partial charge is 0.396 e. The minimum atomic E-state index is -0.258. The predicted molar refractivity (Wildman–Crippen MR) is 83.9 cm³/mol. The van der Waals surface area contributed by atoms with Crippen LogP contribution in [0.5, 0.6) is 0 Å². The van der Waals surface area contributed by atoms with Crippen molar-refractivity contribution in [3.8, 4) is 11.3 Å². The summed E-state index contributed by atoms with van der Waals surface area (Å²) in [5.41, 5.74) is 1.57. The minimum absolute atomic E-state index is 0.234. The molecule has 3 rings (SSSR count). The summed E-state index contributed by atoms with van der Waals surface area (Å²) < 4.78 is 12.9. The maximum Gasteiger partial charge on any atom is 0.148 e. The molecule has 4 nitrogen and oxygen atoms in total. The highest BCUT2D eigenvalue weighted by molar-refractivity contribution is 5.59. The van der Waals surface area contributed by atoms with Gasteiger partial charge >= 0.3 is 0 Å². The molecule has 1 aromatic carbocycles. The van der Waals surface area contributed by atoms with Crippen LogP contribution in [-0.2, 0) is 0 Å². The van der Waals surface area contributed by atoms with E-state index in [-0.39, 0.29) is 12.4 Å². The van der Waals surface area contributed by atoms with Gasteiger partial charge in [-0.2, -0.15) is 0 Å². The van der Waals surface area contributed by atoms with Crippen molar-refractivity contribution in [1.29, 1.82) is 0 Å². The first-order valence-electron chi connectivity index (χ1n) is 7.73. The zero-order valence-corrected chi connectivity index (χ0v) is 12.4. The highest BCUT2D eigenvalue weighted by Gasteiger charge is 2.26. The summed E-state index contributed by atoms with van der Waals surface area (Å²) in [4.78, 5) is 0. The Kier molecular flexibility index (Phi) is 4.63. The molecule has 22 heavy (non-hydrogen) atoms. The van der Waals surface area contributed by atoms with Gasteiger partial charge in [0.2, 0.25) is 0 Å². The van der Waals surface area contributed by atoms with E-state index in [9.17, 15) is 4.39 Å². The fourth-order valence-electron chi connectivity index (χ4n) is 3.11. The van der Waals surface area contributed by atoms with Crippen molar-refractivity contribution in [2.24, 2.45) is 5.92 Å². The third-order valence-electron chi connectivity index (χ3n) is 4.30. The molecule has 1 saturated carbocycles. The molecule has 0 saturated heterocycles. The third-order valence-corrected chi connectivity index (χ3v) is 4.30. The first-order valence-corrected chi connectivity index (χ1v) is 7.73. The van der Waals surface area contributed by atoms with Gasteiger partial charge < -0.3 is 10.4 Å². The first-order chi connectivity index (χ1) is 10.8. The molecule has 2 atom stereocenters. The lowest BCUT2D eigenvalue weighted by Gasteiger charge is -2.20. The van der Waals surface area contributed by atoms with Crippen LogP contribution < -0.4 is 5.32 Å². The number of nitrogens with one attached hydrogen (secondary N) is 1. The molecule has 2 N–H and O–H groups in total. The van der Waals surface area contributed by atoms with Gasteiger partial charge in [-0.3, -0.25) is 0 Å². The monoisotopic (exact) mass is 301 g/mol. The molecule has 0 bridgehead atoms. The van der Waals surface area contributed by atoms with Crippen molar-refractivity contribution in [3.63, 3.8) is 0 Å². The normalized spacial score (nSPS) is 21.0.